The third-order valence-corrected chi connectivity index (χ3v) is 10.1. The molecule has 0 saturated carbocycles. The lowest BCUT2D eigenvalue weighted by Crippen LogP contribution is -2.71. The van der Waals surface area contributed by atoms with Gasteiger partial charge >= 0.3 is 0 Å². The van der Waals surface area contributed by atoms with Crippen molar-refractivity contribution in [3.63, 3.8) is 0 Å². The van der Waals surface area contributed by atoms with Crippen LogP contribution in [0.5, 0.6) is 0 Å². The van der Waals surface area contributed by atoms with Gasteiger partial charge in [-0.15, -0.1) is 0 Å². The Labute approximate surface area is 249 Å². The van der Waals surface area contributed by atoms with Gasteiger partial charge in [0.2, 0.25) is 17.5 Å². The molecule has 3 amide bonds. The topological polar surface area (TPSA) is 118 Å². The van der Waals surface area contributed by atoms with Crippen molar-refractivity contribution in [1.82, 2.24) is 25.0 Å². The van der Waals surface area contributed by atoms with Crippen molar-refractivity contribution in [3.05, 3.63) is 77.5 Å². The van der Waals surface area contributed by atoms with Crippen LogP contribution in [-0.4, -0.2) is 92.4 Å². The van der Waals surface area contributed by atoms with E-state index in [4.69, 9.17) is 4.74 Å². The van der Waals surface area contributed by atoms with Gasteiger partial charge in [-0.05, 0) is 61.6 Å². The third kappa shape index (κ3) is 3.79. The van der Waals surface area contributed by atoms with Crippen molar-refractivity contribution in [2.45, 2.75) is 62.4 Å². The van der Waals surface area contributed by atoms with Crippen LogP contribution in [0, 0.1) is 5.92 Å². The Bertz CT molecular complexity index is 1700. The number of hydrogen-bond donors (Lipinski definition) is 3. The second-order valence-corrected chi connectivity index (χ2v) is 12.8. The maximum Gasteiger partial charge on any atom is 0.280 e. The fourth-order valence-electron chi connectivity index (χ4n) is 8.12. The van der Waals surface area contributed by atoms with Gasteiger partial charge in [0.05, 0.1) is 5.92 Å². The predicted molar refractivity (Wildman–Crippen MR) is 158 cm³/mol. The number of aromatic nitrogens is 1. The van der Waals surface area contributed by atoms with E-state index in [2.05, 4.69) is 33.5 Å². The molecule has 5 aliphatic rings. The zero-order chi connectivity index (χ0) is 29.7. The Morgan fingerprint density at radius 3 is 2.79 bits per heavy atom. The molecule has 1 aromatic heterocycles. The zero-order valence-electron chi connectivity index (χ0n) is 24.2. The number of carbonyl (C=O) groups excluding carboxylic acids is 3. The van der Waals surface area contributed by atoms with E-state index < -0.39 is 35.5 Å². The van der Waals surface area contributed by atoms with Gasteiger partial charge in [0.25, 0.3) is 11.8 Å². The van der Waals surface area contributed by atoms with Crippen LogP contribution in [0.4, 0.5) is 0 Å². The minimum atomic E-state index is -2.04. The number of hydrogen-bond acceptors (Lipinski definition) is 6. The number of nitrogens with one attached hydrogen (secondary N) is 2. The molecule has 8 rings (SSSR count). The average molecular weight is 582 g/mol. The highest BCUT2D eigenvalue weighted by Crippen LogP contribution is 2.46. The summed E-state index contributed by atoms with van der Waals surface area (Å²) in [6, 6.07) is 14.1. The van der Waals surface area contributed by atoms with Crippen molar-refractivity contribution in [1.29, 1.82) is 0 Å². The van der Waals surface area contributed by atoms with Gasteiger partial charge in [-0.1, -0.05) is 48.5 Å². The number of carbonyl (C=O) groups is 3. The summed E-state index contributed by atoms with van der Waals surface area (Å²) < 4.78 is 6.23. The quantitative estimate of drug-likeness (QED) is 0.434. The van der Waals surface area contributed by atoms with Crippen molar-refractivity contribution in [2.24, 2.45) is 5.92 Å². The molecule has 0 bridgehead atoms. The number of H-pyrrole nitrogens is 1. The van der Waals surface area contributed by atoms with E-state index >= 15 is 0 Å². The third-order valence-electron chi connectivity index (χ3n) is 10.1. The number of benzene rings is 2. The standard InChI is InChI=1S/C33H35N5O5/c1-32(35-29(39)21-15-23-22-10-6-11-24-28(22)20(17-34-24)16-25(23)36(2)18-21)31(41)38-26(14-19-8-4-3-5-9-19)30(40)37-13-7-12-27(37)33(38,42)43-32/h3-6,8-11,15,17,21,25-27,34,42H,7,12-14,16,18H2,1-2H3,(H,35,39)/t21-,25+,26-,27-,32+,33-/m0/s1. The number of amides is 3. The van der Waals surface area contributed by atoms with Crippen LogP contribution in [0.1, 0.15) is 36.5 Å². The molecule has 10 heteroatoms. The Balaban J connectivity index is 1.11. The number of nitrogens with zero attached hydrogens (tertiary/aromatic N) is 3. The highest BCUT2D eigenvalue weighted by molar-refractivity contribution is 6.00. The number of piperazine rings is 1. The molecular weight excluding hydrogens is 546 g/mol. The number of ether oxygens (including phenoxy) is 1. The molecule has 0 spiro atoms. The Morgan fingerprint density at radius 2 is 1.98 bits per heavy atom. The van der Waals surface area contributed by atoms with Gasteiger partial charge in [0.1, 0.15) is 12.1 Å². The molecule has 3 fully saturated rings. The summed E-state index contributed by atoms with van der Waals surface area (Å²) in [6.07, 6.45) is 6.38. The number of aromatic amines is 1. The molecule has 2 aromatic carbocycles. The van der Waals surface area contributed by atoms with Crippen molar-refractivity contribution >= 4 is 34.2 Å². The predicted octanol–water partition coefficient (Wildman–Crippen LogP) is 1.99. The van der Waals surface area contributed by atoms with E-state index in [1.807, 2.05) is 49.5 Å². The number of likely N-dealkylation sites (N-methyl/N-ethyl adjacent to an activating group) is 1. The van der Waals surface area contributed by atoms with Crippen LogP contribution in [-0.2, 0) is 32.0 Å². The van der Waals surface area contributed by atoms with Gasteiger partial charge in [0, 0.05) is 42.7 Å². The van der Waals surface area contributed by atoms with E-state index in [9.17, 15) is 19.5 Å². The Hall–Kier alpha value is -3.99. The largest absolute Gasteiger partial charge is 0.361 e. The molecule has 3 N–H and O–H groups in total. The van der Waals surface area contributed by atoms with Crippen LogP contribution in [0.25, 0.3) is 16.5 Å². The van der Waals surface area contributed by atoms with Gasteiger partial charge < -0.3 is 20.3 Å². The van der Waals surface area contributed by atoms with E-state index in [1.165, 1.54) is 22.8 Å². The first kappa shape index (κ1) is 26.6. The number of aliphatic hydroxyl groups is 1. The molecule has 222 valence electrons. The molecule has 5 heterocycles. The van der Waals surface area contributed by atoms with Gasteiger partial charge in [0.15, 0.2) is 0 Å². The first-order chi connectivity index (χ1) is 20.7. The smallest absolute Gasteiger partial charge is 0.280 e. The van der Waals surface area contributed by atoms with E-state index in [-0.39, 0.29) is 24.3 Å². The van der Waals surface area contributed by atoms with Crippen molar-refractivity contribution in [3.8, 4) is 0 Å². The maximum absolute atomic E-state index is 14.2. The maximum atomic E-state index is 14.2. The van der Waals surface area contributed by atoms with Gasteiger partial charge in [-0.25, -0.2) is 0 Å². The van der Waals surface area contributed by atoms with E-state index in [0.717, 1.165) is 28.6 Å². The first-order valence-electron chi connectivity index (χ1n) is 15.1. The average Bonchev–Trinajstić information content (AvgIpc) is 3.70. The normalized spacial score (nSPS) is 33.3. The minimum Gasteiger partial charge on any atom is -0.361 e. The SMILES string of the molecule is CN1C[C@@H](C(=O)N[C@]2(C)O[C@@]3(O)[C@@H]4CCCN4C(=O)[C@H](Cc4ccccc4)N3C2=O)C=C2c3cccc4[nH]cc(c34)C[C@H]21. The molecule has 10 nitrogen and oxygen atoms in total. The molecule has 6 atom stereocenters. The van der Waals surface area contributed by atoms with Gasteiger partial charge in [-0.3, -0.25) is 28.9 Å². The molecule has 1 aliphatic carbocycles. The van der Waals surface area contributed by atoms with E-state index in [0.29, 0.717) is 25.9 Å². The Morgan fingerprint density at radius 1 is 1.16 bits per heavy atom. The lowest BCUT2D eigenvalue weighted by Gasteiger charge is -2.48. The molecule has 43 heavy (non-hydrogen) atoms. The first-order valence-corrected chi connectivity index (χ1v) is 15.1. The molecule has 0 unspecified atom stereocenters. The van der Waals surface area contributed by atoms with E-state index in [1.54, 1.807) is 4.90 Å². The molecule has 0 radical (unpaired) electrons. The van der Waals surface area contributed by atoms with Crippen molar-refractivity contribution < 1.29 is 24.2 Å². The van der Waals surface area contributed by atoms with Crippen LogP contribution >= 0.6 is 0 Å². The lowest BCUT2D eigenvalue weighted by molar-refractivity contribution is -0.315. The highest BCUT2D eigenvalue weighted by Gasteiger charge is 2.70. The second-order valence-electron chi connectivity index (χ2n) is 12.8. The molecule has 3 aromatic rings. The molecule has 4 aliphatic heterocycles. The van der Waals surface area contributed by atoms with Crippen LogP contribution < -0.4 is 5.32 Å². The summed E-state index contributed by atoms with van der Waals surface area (Å²) in [6.45, 7) is 2.45. The highest BCUT2D eigenvalue weighted by atomic mass is 16.7. The Kier molecular flexibility index (Phi) is 5.73. The monoisotopic (exact) mass is 581 g/mol. The fourth-order valence-corrected chi connectivity index (χ4v) is 8.12. The molecule has 3 saturated heterocycles. The zero-order valence-corrected chi connectivity index (χ0v) is 24.2. The van der Waals surface area contributed by atoms with Crippen LogP contribution in [0.2, 0.25) is 0 Å². The minimum absolute atomic E-state index is 0.144. The summed E-state index contributed by atoms with van der Waals surface area (Å²) in [5, 5.41) is 16.1. The molecular formula is C33H35N5O5. The van der Waals surface area contributed by atoms with Crippen LogP contribution in [0.3, 0.4) is 0 Å². The summed E-state index contributed by atoms with van der Waals surface area (Å²) in [4.78, 5) is 50.2. The van der Waals surface area contributed by atoms with Gasteiger partial charge in [-0.2, -0.15) is 0 Å². The summed E-state index contributed by atoms with van der Waals surface area (Å²) in [5.41, 5.74) is 3.58. The fraction of sp³-hybridized carbons (Fsp3) is 0.424. The summed E-state index contributed by atoms with van der Waals surface area (Å²) in [5.74, 6) is -3.77. The second kappa shape index (κ2) is 9.25. The number of rotatable bonds is 4. The summed E-state index contributed by atoms with van der Waals surface area (Å²) in [7, 11) is 2.02. The van der Waals surface area contributed by atoms with Crippen molar-refractivity contribution in [2.75, 3.05) is 20.1 Å². The lowest BCUT2D eigenvalue weighted by atomic mass is 9.79. The van der Waals surface area contributed by atoms with Crippen LogP contribution in [0.15, 0.2) is 60.8 Å². The number of fused-ring (bicyclic) bond motifs is 5. The summed E-state index contributed by atoms with van der Waals surface area (Å²) >= 11 is 0.